The number of benzene rings is 1. The van der Waals surface area contributed by atoms with Crippen molar-refractivity contribution in [1.82, 2.24) is 10.0 Å². The van der Waals surface area contributed by atoms with Gasteiger partial charge in [0, 0.05) is 20.0 Å². The SMILES string of the molecule is COc1ccc(S(=O)(=O)NCCCNC(C)=O)cc1. The Morgan fingerprint density at radius 1 is 1.21 bits per heavy atom. The molecule has 7 heteroatoms. The number of amides is 1. The van der Waals surface area contributed by atoms with E-state index in [1.165, 1.54) is 26.2 Å². The lowest BCUT2D eigenvalue weighted by Crippen LogP contribution is -2.28. The highest BCUT2D eigenvalue weighted by Gasteiger charge is 2.12. The van der Waals surface area contributed by atoms with Crippen molar-refractivity contribution >= 4 is 15.9 Å². The Bertz CT molecular complexity index is 511. The molecule has 1 rings (SSSR count). The number of rotatable bonds is 7. The van der Waals surface area contributed by atoms with Gasteiger partial charge in [0.15, 0.2) is 0 Å². The summed E-state index contributed by atoms with van der Waals surface area (Å²) in [7, 11) is -1.99. The lowest BCUT2D eigenvalue weighted by molar-refractivity contribution is -0.118. The first kappa shape index (κ1) is 15.5. The van der Waals surface area contributed by atoms with E-state index < -0.39 is 10.0 Å². The lowest BCUT2D eigenvalue weighted by atomic mass is 10.3. The molecule has 0 aromatic heterocycles. The first-order chi connectivity index (χ1) is 8.95. The standard InChI is InChI=1S/C12H18N2O4S/c1-10(15)13-8-3-9-14-19(16,17)12-6-4-11(18-2)5-7-12/h4-7,14H,3,8-9H2,1-2H3,(H,13,15). The molecule has 1 aromatic rings. The minimum absolute atomic E-state index is 0.127. The maximum atomic E-state index is 11.9. The highest BCUT2D eigenvalue weighted by Crippen LogP contribution is 2.14. The van der Waals surface area contributed by atoms with Crippen LogP contribution in [0.25, 0.3) is 0 Å². The Balaban J connectivity index is 2.48. The molecular formula is C12H18N2O4S. The molecule has 1 amide bonds. The van der Waals surface area contributed by atoms with Crippen LogP contribution in [0, 0.1) is 0 Å². The second-order valence-electron chi connectivity index (χ2n) is 3.91. The Kier molecular flexibility index (Phi) is 5.78. The van der Waals surface area contributed by atoms with Crippen LogP contribution in [0.5, 0.6) is 5.75 Å². The van der Waals surface area contributed by atoms with Crippen LogP contribution in [0.4, 0.5) is 0 Å². The summed E-state index contributed by atoms with van der Waals surface area (Å²) in [5.74, 6) is 0.475. The van der Waals surface area contributed by atoms with Crippen LogP contribution in [0.3, 0.4) is 0 Å². The van der Waals surface area contributed by atoms with Gasteiger partial charge in [0.2, 0.25) is 15.9 Å². The zero-order valence-corrected chi connectivity index (χ0v) is 11.8. The molecule has 2 N–H and O–H groups in total. The second kappa shape index (κ2) is 7.10. The Morgan fingerprint density at radius 2 is 1.84 bits per heavy atom. The molecule has 106 valence electrons. The Labute approximate surface area is 113 Å². The van der Waals surface area contributed by atoms with Crippen LogP contribution >= 0.6 is 0 Å². The number of sulfonamides is 1. The quantitative estimate of drug-likeness (QED) is 0.715. The van der Waals surface area contributed by atoms with Crippen molar-refractivity contribution < 1.29 is 17.9 Å². The van der Waals surface area contributed by atoms with Crippen molar-refractivity contribution in [3.8, 4) is 5.75 Å². The monoisotopic (exact) mass is 286 g/mol. The minimum atomic E-state index is -3.50. The van der Waals surface area contributed by atoms with E-state index in [0.29, 0.717) is 18.7 Å². The average molecular weight is 286 g/mol. The van der Waals surface area contributed by atoms with Crippen molar-refractivity contribution in [2.24, 2.45) is 0 Å². The summed E-state index contributed by atoms with van der Waals surface area (Å²) >= 11 is 0. The van der Waals surface area contributed by atoms with E-state index in [1.807, 2.05) is 0 Å². The van der Waals surface area contributed by atoms with Crippen molar-refractivity contribution in [2.75, 3.05) is 20.2 Å². The molecule has 0 heterocycles. The van der Waals surface area contributed by atoms with Gasteiger partial charge in [-0.25, -0.2) is 13.1 Å². The molecule has 1 aromatic carbocycles. The van der Waals surface area contributed by atoms with Crippen molar-refractivity contribution in [2.45, 2.75) is 18.2 Å². The first-order valence-corrected chi connectivity index (χ1v) is 7.32. The van der Waals surface area contributed by atoms with Crippen LogP contribution in [0.1, 0.15) is 13.3 Å². The summed E-state index contributed by atoms with van der Waals surface area (Å²) in [5, 5.41) is 2.60. The first-order valence-electron chi connectivity index (χ1n) is 5.84. The number of hydrogen-bond acceptors (Lipinski definition) is 4. The van der Waals surface area contributed by atoms with Crippen molar-refractivity contribution in [1.29, 1.82) is 0 Å². The van der Waals surface area contributed by atoms with Gasteiger partial charge in [0.05, 0.1) is 12.0 Å². The number of nitrogens with one attached hydrogen (secondary N) is 2. The highest BCUT2D eigenvalue weighted by atomic mass is 32.2. The van der Waals surface area contributed by atoms with Gasteiger partial charge in [-0.3, -0.25) is 4.79 Å². The van der Waals surface area contributed by atoms with Gasteiger partial charge in [-0.2, -0.15) is 0 Å². The van der Waals surface area contributed by atoms with Gasteiger partial charge >= 0.3 is 0 Å². The van der Waals surface area contributed by atoms with E-state index in [1.54, 1.807) is 12.1 Å². The summed E-state index contributed by atoms with van der Waals surface area (Å²) < 4.78 is 31.2. The zero-order valence-electron chi connectivity index (χ0n) is 11.0. The third kappa shape index (κ3) is 5.27. The maximum absolute atomic E-state index is 11.9. The van der Waals surface area contributed by atoms with E-state index in [0.717, 1.165) is 0 Å². The van der Waals surface area contributed by atoms with Crippen LogP contribution < -0.4 is 14.8 Å². The van der Waals surface area contributed by atoms with Gasteiger partial charge in [-0.05, 0) is 30.7 Å². The summed E-state index contributed by atoms with van der Waals surface area (Å²) in [6.45, 7) is 2.14. The lowest BCUT2D eigenvalue weighted by Gasteiger charge is -2.07. The largest absolute Gasteiger partial charge is 0.497 e. The molecular weight excluding hydrogens is 268 g/mol. The number of methoxy groups -OCH3 is 1. The molecule has 0 bridgehead atoms. The van der Waals surface area contributed by atoms with E-state index in [-0.39, 0.29) is 17.3 Å². The Morgan fingerprint density at radius 3 is 2.37 bits per heavy atom. The smallest absolute Gasteiger partial charge is 0.240 e. The molecule has 0 saturated heterocycles. The van der Waals surface area contributed by atoms with Gasteiger partial charge in [-0.15, -0.1) is 0 Å². The zero-order chi connectivity index (χ0) is 14.3. The number of ether oxygens (including phenoxy) is 1. The fourth-order valence-corrected chi connectivity index (χ4v) is 2.47. The van der Waals surface area contributed by atoms with Gasteiger partial charge in [0.25, 0.3) is 0 Å². The highest BCUT2D eigenvalue weighted by molar-refractivity contribution is 7.89. The molecule has 0 spiro atoms. The molecule has 19 heavy (non-hydrogen) atoms. The molecule has 0 aliphatic rings. The van der Waals surface area contributed by atoms with Crippen LogP contribution in [-0.4, -0.2) is 34.5 Å². The fourth-order valence-electron chi connectivity index (χ4n) is 1.40. The normalized spacial score (nSPS) is 11.1. The molecule has 0 saturated carbocycles. The number of carbonyl (C=O) groups is 1. The molecule has 0 aliphatic heterocycles. The average Bonchev–Trinajstić information content (AvgIpc) is 2.38. The number of carbonyl (C=O) groups excluding carboxylic acids is 1. The van der Waals surface area contributed by atoms with E-state index in [2.05, 4.69) is 10.0 Å². The summed E-state index contributed by atoms with van der Waals surface area (Å²) in [6.07, 6.45) is 0.537. The van der Waals surface area contributed by atoms with Gasteiger partial charge in [-0.1, -0.05) is 0 Å². The molecule has 0 fully saturated rings. The van der Waals surface area contributed by atoms with Gasteiger partial charge in [0.1, 0.15) is 5.75 Å². The maximum Gasteiger partial charge on any atom is 0.240 e. The van der Waals surface area contributed by atoms with E-state index >= 15 is 0 Å². The van der Waals surface area contributed by atoms with E-state index in [4.69, 9.17) is 4.74 Å². The molecule has 0 atom stereocenters. The van der Waals surface area contributed by atoms with Crippen molar-refractivity contribution in [3.05, 3.63) is 24.3 Å². The third-order valence-electron chi connectivity index (χ3n) is 2.39. The van der Waals surface area contributed by atoms with E-state index in [9.17, 15) is 13.2 Å². The second-order valence-corrected chi connectivity index (χ2v) is 5.68. The number of hydrogen-bond donors (Lipinski definition) is 2. The third-order valence-corrected chi connectivity index (χ3v) is 3.87. The topological polar surface area (TPSA) is 84.5 Å². The summed E-state index contributed by atoms with van der Waals surface area (Å²) in [5.41, 5.74) is 0. The molecule has 0 aliphatic carbocycles. The van der Waals surface area contributed by atoms with Gasteiger partial charge < -0.3 is 10.1 Å². The minimum Gasteiger partial charge on any atom is -0.497 e. The predicted octanol–water partition coefficient (Wildman–Crippen LogP) is 0.500. The van der Waals surface area contributed by atoms with Crippen LogP contribution in [0.15, 0.2) is 29.2 Å². The van der Waals surface area contributed by atoms with Crippen LogP contribution in [-0.2, 0) is 14.8 Å². The van der Waals surface area contributed by atoms with Crippen LogP contribution in [0.2, 0.25) is 0 Å². The summed E-state index contributed by atoms with van der Waals surface area (Å²) in [4.78, 5) is 10.8. The molecule has 6 nitrogen and oxygen atoms in total. The molecule has 0 unspecified atom stereocenters. The predicted molar refractivity (Wildman–Crippen MR) is 71.5 cm³/mol. The molecule has 0 radical (unpaired) electrons. The fraction of sp³-hybridized carbons (Fsp3) is 0.417. The van der Waals surface area contributed by atoms with Crippen molar-refractivity contribution in [3.63, 3.8) is 0 Å². The Hall–Kier alpha value is -1.60. The summed E-state index contributed by atoms with van der Waals surface area (Å²) in [6, 6.07) is 6.14.